The van der Waals surface area contributed by atoms with Crippen molar-refractivity contribution in [3.8, 4) is 0 Å². The first-order valence-corrected chi connectivity index (χ1v) is 4.78. The molecule has 0 aromatic carbocycles. The van der Waals surface area contributed by atoms with E-state index in [9.17, 15) is 13.2 Å². The van der Waals surface area contributed by atoms with Gasteiger partial charge < -0.3 is 11.1 Å². The maximum atomic E-state index is 12.4. The zero-order valence-electron chi connectivity index (χ0n) is 8.60. The highest BCUT2D eigenvalue weighted by molar-refractivity contribution is 5.44. The molecular weight excluding hydrogens is 221 g/mol. The largest absolute Gasteiger partial charge is 0.433 e. The molecule has 1 saturated carbocycles. The Morgan fingerprint density at radius 1 is 1.38 bits per heavy atom. The lowest BCUT2D eigenvalue weighted by atomic mass is 10.3. The summed E-state index contributed by atoms with van der Waals surface area (Å²) < 4.78 is 37.3. The lowest BCUT2D eigenvalue weighted by Crippen LogP contribution is -2.19. The van der Waals surface area contributed by atoms with Crippen LogP contribution in [0.3, 0.4) is 0 Å². The lowest BCUT2D eigenvalue weighted by molar-refractivity contribution is -0.141. The molecule has 16 heavy (non-hydrogen) atoms. The number of hydrogen-bond acceptors (Lipinski definition) is 4. The van der Waals surface area contributed by atoms with E-state index in [0.717, 1.165) is 18.9 Å². The van der Waals surface area contributed by atoms with E-state index in [1.165, 1.54) is 0 Å². The van der Waals surface area contributed by atoms with Crippen molar-refractivity contribution in [3.63, 3.8) is 0 Å². The molecule has 0 aliphatic heterocycles. The third-order valence-corrected chi connectivity index (χ3v) is 2.46. The summed E-state index contributed by atoms with van der Waals surface area (Å²) in [5.74, 6) is -0.249. The van der Waals surface area contributed by atoms with Gasteiger partial charge in [-0.05, 0) is 19.8 Å². The molecule has 4 nitrogen and oxygen atoms in total. The van der Waals surface area contributed by atoms with E-state index in [-0.39, 0.29) is 17.3 Å². The summed E-state index contributed by atoms with van der Waals surface area (Å²) in [5, 5.41) is 2.91. The second-order valence-electron chi connectivity index (χ2n) is 4.18. The van der Waals surface area contributed by atoms with Crippen LogP contribution in [0, 0.1) is 0 Å². The smallest absolute Gasteiger partial charge is 0.368 e. The number of hydrogen-bond donors (Lipinski definition) is 2. The molecule has 2 rings (SSSR count). The van der Waals surface area contributed by atoms with Gasteiger partial charge in [-0.15, -0.1) is 0 Å². The predicted molar refractivity (Wildman–Crippen MR) is 52.7 cm³/mol. The summed E-state index contributed by atoms with van der Waals surface area (Å²) >= 11 is 0. The van der Waals surface area contributed by atoms with Crippen LogP contribution in [0.15, 0.2) is 6.07 Å². The molecule has 1 aromatic rings. The van der Waals surface area contributed by atoms with Crippen LogP contribution < -0.4 is 11.1 Å². The van der Waals surface area contributed by atoms with Crippen molar-refractivity contribution in [3.05, 3.63) is 11.8 Å². The monoisotopic (exact) mass is 232 g/mol. The van der Waals surface area contributed by atoms with Gasteiger partial charge in [-0.1, -0.05) is 0 Å². The van der Waals surface area contributed by atoms with Gasteiger partial charge in [0.15, 0.2) is 5.69 Å². The first-order valence-electron chi connectivity index (χ1n) is 4.78. The summed E-state index contributed by atoms with van der Waals surface area (Å²) in [6, 6.07) is 0.875. The molecule has 3 N–H and O–H groups in total. The Morgan fingerprint density at radius 2 is 2.00 bits per heavy atom. The van der Waals surface area contributed by atoms with Gasteiger partial charge in [-0.25, -0.2) is 4.98 Å². The van der Waals surface area contributed by atoms with Gasteiger partial charge in [0.1, 0.15) is 5.82 Å². The zero-order valence-corrected chi connectivity index (χ0v) is 8.60. The maximum absolute atomic E-state index is 12.4. The molecule has 0 atom stereocenters. The number of nitrogens with one attached hydrogen (secondary N) is 1. The molecule has 0 radical (unpaired) electrons. The van der Waals surface area contributed by atoms with Gasteiger partial charge in [0.05, 0.1) is 0 Å². The van der Waals surface area contributed by atoms with Crippen molar-refractivity contribution in [1.29, 1.82) is 0 Å². The van der Waals surface area contributed by atoms with Crippen LogP contribution in [0.4, 0.5) is 24.9 Å². The van der Waals surface area contributed by atoms with Crippen LogP contribution in [0.2, 0.25) is 0 Å². The van der Waals surface area contributed by atoms with Gasteiger partial charge >= 0.3 is 6.18 Å². The van der Waals surface area contributed by atoms with Gasteiger partial charge in [0, 0.05) is 11.6 Å². The Hall–Kier alpha value is -1.53. The second kappa shape index (κ2) is 3.23. The lowest BCUT2D eigenvalue weighted by Gasteiger charge is -2.14. The summed E-state index contributed by atoms with van der Waals surface area (Å²) in [6.07, 6.45) is -2.67. The molecule has 0 bridgehead atoms. The Kier molecular flexibility index (Phi) is 2.21. The average Bonchev–Trinajstić information content (AvgIpc) is 2.80. The number of nitrogens with zero attached hydrogens (tertiary/aromatic N) is 2. The Labute approximate surface area is 90.1 Å². The summed E-state index contributed by atoms with van der Waals surface area (Å²) in [6.45, 7) is 1.92. The fraction of sp³-hybridized carbons (Fsp3) is 0.556. The number of alkyl halides is 3. The average molecular weight is 232 g/mol. The Bertz CT molecular complexity index is 412. The fourth-order valence-electron chi connectivity index (χ4n) is 1.30. The van der Waals surface area contributed by atoms with E-state index in [4.69, 9.17) is 5.73 Å². The van der Waals surface area contributed by atoms with E-state index in [1.807, 2.05) is 6.92 Å². The zero-order chi connectivity index (χ0) is 12.0. The molecule has 88 valence electrons. The maximum Gasteiger partial charge on any atom is 0.433 e. The van der Waals surface area contributed by atoms with Crippen molar-refractivity contribution in [1.82, 2.24) is 9.97 Å². The summed E-state index contributed by atoms with van der Waals surface area (Å²) in [7, 11) is 0. The van der Waals surface area contributed by atoms with Crippen LogP contribution in [-0.4, -0.2) is 15.5 Å². The topological polar surface area (TPSA) is 63.8 Å². The number of rotatable bonds is 2. The van der Waals surface area contributed by atoms with Crippen molar-refractivity contribution < 1.29 is 13.2 Å². The number of anilines is 2. The standard InChI is InChI=1S/C9H11F3N4/c1-8(2-3-8)16-6-4-5(9(10,11)12)14-7(13)15-6/h4H,2-3H2,1H3,(H3,13,14,15,16). The summed E-state index contributed by atoms with van der Waals surface area (Å²) in [5.41, 5.74) is 4.06. The van der Waals surface area contributed by atoms with Crippen molar-refractivity contribution in [2.75, 3.05) is 11.1 Å². The minimum absolute atomic E-state index is 0.125. The number of nitrogen functional groups attached to an aromatic ring is 1. The van der Waals surface area contributed by atoms with Crippen molar-refractivity contribution in [2.24, 2.45) is 0 Å². The third kappa shape index (κ3) is 2.34. The normalized spacial score (nSPS) is 18.2. The SMILES string of the molecule is CC1(Nc2cc(C(F)(F)F)nc(N)n2)CC1. The highest BCUT2D eigenvalue weighted by atomic mass is 19.4. The molecule has 7 heteroatoms. The van der Waals surface area contributed by atoms with Crippen LogP contribution in [-0.2, 0) is 6.18 Å². The molecular formula is C9H11F3N4. The summed E-state index contributed by atoms with van der Waals surface area (Å²) in [4.78, 5) is 6.89. The third-order valence-electron chi connectivity index (χ3n) is 2.46. The number of aromatic nitrogens is 2. The van der Waals surface area contributed by atoms with E-state index in [2.05, 4.69) is 15.3 Å². The quantitative estimate of drug-likeness (QED) is 0.819. The molecule has 1 aliphatic rings. The fourth-order valence-corrected chi connectivity index (χ4v) is 1.30. The Balaban J connectivity index is 2.29. The first kappa shape index (κ1) is 11.0. The van der Waals surface area contributed by atoms with Gasteiger partial charge in [0.25, 0.3) is 0 Å². The predicted octanol–water partition coefficient (Wildman–Crippen LogP) is 2.04. The molecule has 1 aromatic heterocycles. The highest BCUT2D eigenvalue weighted by Crippen LogP contribution is 2.38. The van der Waals surface area contributed by atoms with Crippen LogP contribution in [0.1, 0.15) is 25.5 Å². The molecule has 0 saturated heterocycles. The molecule has 1 heterocycles. The van der Waals surface area contributed by atoms with Crippen LogP contribution in [0.5, 0.6) is 0 Å². The molecule has 0 spiro atoms. The van der Waals surface area contributed by atoms with Crippen LogP contribution in [0.25, 0.3) is 0 Å². The van der Waals surface area contributed by atoms with E-state index < -0.39 is 11.9 Å². The van der Waals surface area contributed by atoms with E-state index in [0.29, 0.717) is 0 Å². The second-order valence-corrected chi connectivity index (χ2v) is 4.18. The number of halogens is 3. The minimum atomic E-state index is -4.50. The number of nitrogens with two attached hydrogens (primary N) is 1. The Morgan fingerprint density at radius 3 is 2.50 bits per heavy atom. The first-order chi connectivity index (χ1) is 7.28. The van der Waals surface area contributed by atoms with E-state index >= 15 is 0 Å². The molecule has 1 aliphatic carbocycles. The van der Waals surface area contributed by atoms with Crippen molar-refractivity contribution >= 4 is 11.8 Å². The van der Waals surface area contributed by atoms with Gasteiger partial charge in [-0.2, -0.15) is 18.2 Å². The van der Waals surface area contributed by atoms with Crippen molar-refractivity contribution in [2.45, 2.75) is 31.5 Å². The van der Waals surface area contributed by atoms with Gasteiger partial charge in [-0.3, -0.25) is 0 Å². The molecule has 0 unspecified atom stereocenters. The van der Waals surface area contributed by atoms with E-state index in [1.54, 1.807) is 0 Å². The van der Waals surface area contributed by atoms with Gasteiger partial charge in [0.2, 0.25) is 5.95 Å². The minimum Gasteiger partial charge on any atom is -0.368 e. The molecule has 0 amide bonds. The highest BCUT2D eigenvalue weighted by Gasteiger charge is 2.39. The van der Waals surface area contributed by atoms with Crippen LogP contribution >= 0.6 is 0 Å². The molecule has 1 fully saturated rings.